The fraction of sp³-hybridized carbons (Fsp3) is 0.280. The molecular weight excluding hydrogens is 358 g/mol. The van der Waals surface area contributed by atoms with Crippen molar-refractivity contribution in [2.24, 2.45) is 5.73 Å². The molecule has 28 heavy (non-hydrogen) atoms. The fourth-order valence-corrected chi connectivity index (χ4v) is 8.91. The number of rotatable bonds is 4. The van der Waals surface area contributed by atoms with E-state index in [4.69, 9.17) is 10.2 Å². The van der Waals surface area contributed by atoms with Crippen LogP contribution in [0.4, 0.5) is 0 Å². The van der Waals surface area contributed by atoms with Gasteiger partial charge in [0, 0.05) is 6.04 Å². The maximum absolute atomic E-state index is 7.10. The van der Waals surface area contributed by atoms with Gasteiger partial charge in [0.1, 0.15) is 5.75 Å². The fourth-order valence-electron chi connectivity index (χ4n) is 4.50. The Bertz CT molecular complexity index is 908. The zero-order valence-corrected chi connectivity index (χ0v) is 18.0. The Balaban J connectivity index is 1.90. The average Bonchev–Trinajstić information content (AvgIpc) is 3.07. The van der Waals surface area contributed by atoms with Crippen molar-refractivity contribution >= 4 is 18.7 Å². The first kappa shape index (κ1) is 19.0. The molecule has 2 nitrogen and oxygen atoms in total. The molecule has 1 aliphatic rings. The summed E-state index contributed by atoms with van der Waals surface area (Å²) in [5.41, 5.74) is 8.95. The maximum Gasteiger partial charge on any atom is 0.319 e. The molecule has 1 atom stereocenters. The first-order valence-electron chi connectivity index (χ1n) is 10.1. The normalized spacial score (nSPS) is 16.6. The number of hydrogen-bond donors (Lipinski definition) is 1. The van der Waals surface area contributed by atoms with Crippen LogP contribution in [-0.2, 0) is 6.42 Å². The van der Waals surface area contributed by atoms with Crippen LogP contribution >= 0.6 is 0 Å². The van der Waals surface area contributed by atoms with Crippen LogP contribution in [0.5, 0.6) is 5.75 Å². The molecule has 3 heteroatoms. The highest BCUT2D eigenvalue weighted by atomic mass is 28.4. The Kier molecular flexibility index (Phi) is 4.90. The van der Waals surface area contributed by atoms with Gasteiger partial charge in [0.05, 0.1) is 0 Å². The van der Waals surface area contributed by atoms with Crippen LogP contribution < -0.4 is 20.5 Å². The second-order valence-corrected chi connectivity index (χ2v) is 13.0. The lowest BCUT2D eigenvalue weighted by Gasteiger charge is -2.43. The first-order chi connectivity index (χ1) is 13.4. The third-order valence-corrected chi connectivity index (χ3v) is 10.9. The molecule has 2 N–H and O–H groups in total. The van der Waals surface area contributed by atoms with Crippen LogP contribution in [0.25, 0.3) is 0 Å². The smallest absolute Gasteiger partial charge is 0.319 e. The minimum atomic E-state index is -2.59. The van der Waals surface area contributed by atoms with E-state index in [-0.39, 0.29) is 11.1 Å². The van der Waals surface area contributed by atoms with E-state index in [0.717, 1.165) is 18.6 Å². The van der Waals surface area contributed by atoms with E-state index in [2.05, 4.69) is 99.6 Å². The minimum Gasteiger partial charge on any atom is -0.534 e. The predicted molar refractivity (Wildman–Crippen MR) is 120 cm³/mol. The van der Waals surface area contributed by atoms with Crippen molar-refractivity contribution in [1.82, 2.24) is 0 Å². The molecule has 0 saturated heterocycles. The molecule has 0 radical (unpaired) electrons. The van der Waals surface area contributed by atoms with Gasteiger partial charge in [-0.2, -0.15) is 0 Å². The second kappa shape index (κ2) is 7.23. The van der Waals surface area contributed by atoms with Crippen molar-refractivity contribution < 1.29 is 4.43 Å². The second-order valence-electron chi connectivity index (χ2n) is 8.77. The summed E-state index contributed by atoms with van der Waals surface area (Å²) in [6.07, 6.45) is 2.09. The van der Waals surface area contributed by atoms with Gasteiger partial charge in [0.2, 0.25) is 0 Å². The lowest BCUT2D eigenvalue weighted by molar-refractivity contribution is 0.507. The van der Waals surface area contributed by atoms with Gasteiger partial charge in [-0.15, -0.1) is 0 Å². The molecule has 0 aromatic heterocycles. The molecule has 1 unspecified atom stereocenters. The van der Waals surface area contributed by atoms with Crippen LogP contribution in [-0.4, -0.2) is 8.32 Å². The molecular formula is C25H29NOSi. The summed E-state index contributed by atoms with van der Waals surface area (Å²) in [7, 11) is -2.59. The number of aryl methyl sites for hydroxylation is 1. The molecule has 0 aliphatic heterocycles. The van der Waals surface area contributed by atoms with E-state index in [1.807, 2.05) is 0 Å². The highest BCUT2D eigenvalue weighted by Crippen LogP contribution is 2.39. The van der Waals surface area contributed by atoms with E-state index in [1.165, 1.54) is 21.5 Å². The summed E-state index contributed by atoms with van der Waals surface area (Å²) in [6, 6.07) is 28.2. The summed E-state index contributed by atoms with van der Waals surface area (Å²) in [6.45, 7) is 6.91. The van der Waals surface area contributed by atoms with Gasteiger partial charge in [-0.3, -0.25) is 0 Å². The minimum absolute atomic E-state index is 0.0448. The molecule has 0 spiro atoms. The zero-order valence-electron chi connectivity index (χ0n) is 17.0. The summed E-state index contributed by atoms with van der Waals surface area (Å²) >= 11 is 0. The van der Waals surface area contributed by atoms with Crippen LogP contribution in [0, 0.1) is 0 Å². The number of benzene rings is 3. The summed E-state index contributed by atoms with van der Waals surface area (Å²) < 4.78 is 7.10. The van der Waals surface area contributed by atoms with E-state index in [0.29, 0.717) is 0 Å². The quantitative estimate of drug-likeness (QED) is 0.666. The number of fused-ring (bicyclic) bond motifs is 1. The molecule has 3 aromatic carbocycles. The highest BCUT2D eigenvalue weighted by molar-refractivity contribution is 7.00. The number of nitrogens with two attached hydrogens (primary N) is 1. The molecule has 1 aliphatic carbocycles. The standard InChI is InChI=1S/C25H29NOSi/c1-25(2,3)28(21-10-6-4-7-11-21,22-12-8-5-9-13-22)27-20-16-14-19-15-17-24(26)23(19)18-20/h4-14,16,18,24H,15,17,26H2,1-3H3. The van der Waals surface area contributed by atoms with E-state index < -0.39 is 8.32 Å². The molecule has 0 bridgehead atoms. The third kappa shape index (κ3) is 3.19. The Morgan fingerprint density at radius 2 is 1.43 bits per heavy atom. The Hall–Kier alpha value is -2.36. The van der Waals surface area contributed by atoms with Crippen LogP contribution in [0.15, 0.2) is 78.9 Å². The zero-order chi connectivity index (χ0) is 19.8. The van der Waals surface area contributed by atoms with Gasteiger partial charge in [-0.05, 0) is 51.5 Å². The lowest BCUT2D eigenvalue weighted by Crippen LogP contribution is -2.68. The van der Waals surface area contributed by atoms with E-state index in [9.17, 15) is 0 Å². The molecule has 0 heterocycles. The van der Waals surface area contributed by atoms with Gasteiger partial charge in [0.25, 0.3) is 0 Å². The van der Waals surface area contributed by atoms with Crippen molar-refractivity contribution in [2.45, 2.75) is 44.7 Å². The topological polar surface area (TPSA) is 35.2 Å². The molecule has 144 valence electrons. The molecule has 0 fully saturated rings. The van der Waals surface area contributed by atoms with Gasteiger partial charge >= 0.3 is 8.32 Å². The van der Waals surface area contributed by atoms with Crippen LogP contribution in [0.3, 0.4) is 0 Å². The first-order valence-corrected chi connectivity index (χ1v) is 12.0. The van der Waals surface area contributed by atoms with Crippen molar-refractivity contribution in [1.29, 1.82) is 0 Å². The number of hydrogen-bond acceptors (Lipinski definition) is 2. The Morgan fingerprint density at radius 3 is 1.96 bits per heavy atom. The monoisotopic (exact) mass is 387 g/mol. The summed E-state index contributed by atoms with van der Waals surface area (Å²) in [4.78, 5) is 0. The largest absolute Gasteiger partial charge is 0.534 e. The van der Waals surface area contributed by atoms with E-state index in [1.54, 1.807) is 0 Å². The lowest BCUT2D eigenvalue weighted by atomic mass is 10.1. The van der Waals surface area contributed by atoms with Crippen LogP contribution in [0.1, 0.15) is 44.4 Å². The summed E-state index contributed by atoms with van der Waals surface area (Å²) in [5.74, 6) is 0.936. The van der Waals surface area contributed by atoms with Gasteiger partial charge < -0.3 is 10.2 Å². The predicted octanol–water partition coefficient (Wildman–Crippen LogP) is 4.57. The Labute approximate surface area is 169 Å². The van der Waals surface area contributed by atoms with Crippen molar-refractivity contribution in [3.8, 4) is 5.75 Å². The van der Waals surface area contributed by atoms with Crippen molar-refractivity contribution in [3.05, 3.63) is 90.0 Å². The summed E-state index contributed by atoms with van der Waals surface area (Å²) in [5, 5.41) is 2.54. The molecule has 0 saturated carbocycles. The van der Waals surface area contributed by atoms with Gasteiger partial charge in [0.15, 0.2) is 0 Å². The van der Waals surface area contributed by atoms with E-state index >= 15 is 0 Å². The molecule has 4 rings (SSSR count). The van der Waals surface area contributed by atoms with Crippen molar-refractivity contribution in [3.63, 3.8) is 0 Å². The SMILES string of the molecule is CC(C)(C)[Si](Oc1ccc2c(c1)C(N)CC2)(c1ccccc1)c1ccccc1. The molecule has 3 aromatic rings. The third-order valence-electron chi connectivity index (χ3n) is 5.93. The average molecular weight is 388 g/mol. The maximum atomic E-state index is 7.10. The highest BCUT2D eigenvalue weighted by Gasteiger charge is 2.52. The van der Waals surface area contributed by atoms with Gasteiger partial charge in [-0.25, -0.2) is 0 Å². The van der Waals surface area contributed by atoms with Crippen molar-refractivity contribution in [2.75, 3.05) is 0 Å². The van der Waals surface area contributed by atoms with Crippen LogP contribution in [0.2, 0.25) is 5.04 Å². The van der Waals surface area contributed by atoms with Gasteiger partial charge in [-0.1, -0.05) is 87.5 Å². The Morgan fingerprint density at radius 1 is 0.857 bits per heavy atom. The molecule has 0 amide bonds.